The lowest BCUT2D eigenvalue weighted by molar-refractivity contribution is 0.0949. The molecule has 0 fully saturated rings. The molecular formula is C18H15ClN4O3. The number of hydrogen-bond donors (Lipinski definition) is 1. The van der Waals surface area contributed by atoms with Crippen molar-refractivity contribution < 1.29 is 14.3 Å². The van der Waals surface area contributed by atoms with E-state index in [-0.39, 0.29) is 18.4 Å². The fraction of sp³-hybridized carbons (Fsp3) is 0.167. The van der Waals surface area contributed by atoms with Crippen LogP contribution >= 0.6 is 11.6 Å². The van der Waals surface area contributed by atoms with Gasteiger partial charge in [0, 0.05) is 6.54 Å². The van der Waals surface area contributed by atoms with Gasteiger partial charge in [-0.05, 0) is 36.2 Å². The van der Waals surface area contributed by atoms with E-state index in [1.165, 1.54) is 4.68 Å². The first-order valence-corrected chi connectivity index (χ1v) is 8.42. The van der Waals surface area contributed by atoms with Crippen LogP contribution in [0.2, 0.25) is 5.02 Å². The summed E-state index contributed by atoms with van der Waals surface area (Å²) in [5.74, 6) is 1.19. The third kappa shape index (κ3) is 3.34. The fourth-order valence-electron chi connectivity index (χ4n) is 2.63. The molecule has 132 valence electrons. The van der Waals surface area contributed by atoms with Crippen molar-refractivity contribution in [3.8, 4) is 17.2 Å². The van der Waals surface area contributed by atoms with E-state index in [0.717, 1.165) is 17.1 Å². The second-order valence-corrected chi connectivity index (χ2v) is 6.10. The molecule has 0 radical (unpaired) electrons. The molecule has 0 spiro atoms. The molecule has 0 unspecified atom stereocenters. The van der Waals surface area contributed by atoms with Gasteiger partial charge in [-0.3, -0.25) is 4.79 Å². The lowest BCUT2D eigenvalue weighted by atomic mass is 10.1. The lowest BCUT2D eigenvalue weighted by Gasteiger charge is -2.04. The first kappa shape index (κ1) is 16.4. The van der Waals surface area contributed by atoms with Crippen LogP contribution in [0.5, 0.6) is 11.5 Å². The smallest absolute Gasteiger partial charge is 0.273 e. The van der Waals surface area contributed by atoms with Gasteiger partial charge in [-0.1, -0.05) is 35.0 Å². The van der Waals surface area contributed by atoms with Gasteiger partial charge >= 0.3 is 0 Å². The van der Waals surface area contributed by atoms with Crippen LogP contribution in [0.15, 0.2) is 48.7 Å². The first-order chi connectivity index (χ1) is 12.7. The molecule has 8 heteroatoms. The van der Waals surface area contributed by atoms with Gasteiger partial charge in [-0.25, -0.2) is 4.68 Å². The summed E-state index contributed by atoms with van der Waals surface area (Å²) in [6, 6.07) is 13.0. The zero-order valence-electron chi connectivity index (χ0n) is 13.7. The van der Waals surface area contributed by atoms with Crippen LogP contribution < -0.4 is 14.8 Å². The maximum atomic E-state index is 12.2. The van der Waals surface area contributed by atoms with E-state index in [1.807, 2.05) is 30.3 Å². The average molecular weight is 371 g/mol. The van der Waals surface area contributed by atoms with E-state index < -0.39 is 0 Å². The Kier molecular flexibility index (Phi) is 4.45. The predicted octanol–water partition coefficient (Wildman–Crippen LogP) is 2.62. The second kappa shape index (κ2) is 7.05. The number of benzene rings is 2. The minimum atomic E-state index is -0.288. The molecule has 1 aliphatic rings. The normalized spacial score (nSPS) is 12.2. The number of carbonyl (C=O) groups is 1. The molecule has 0 aliphatic carbocycles. The molecular weight excluding hydrogens is 356 g/mol. The SMILES string of the molecule is O=C(NCCc1ccc2c(c1)OCO2)c1cn(-c2ccccc2Cl)nn1. The van der Waals surface area contributed by atoms with Crippen LogP contribution in [-0.2, 0) is 6.42 Å². The Morgan fingerprint density at radius 1 is 1.19 bits per heavy atom. The number of halogens is 1. The minimum absolute atomic E-state index is 0.232. The Morgan fingerprint density at radius 3 is 2.92 bits per heavy atom. The summed E-state index contributed by atoms with van der Waals surface area (Å²) in [4.78, 5) is 12.2. The van der Waals surface area contributed by atoms with E-state index in [1.54, 1.807) is 18.3 Å². The van der Waals surface area contributed by atoms with Gasteiger partial charge in [0.2, 0.25) is 6.79 Å². The highest BCUT2D eigenvalue weighted by Gasteiger charge is 2.14. The number of fused-ring (bicyclic) bond motifs is 1. The van der Waals surface area contributed by atoms with Crippen molar-refractivity contribution in [3.63, 3.8) is 0 Å². The molecule has 3 aromatic rings. The fourth-order valence-corrected chi connectivity index (χ4v) is 2.85. The van der Waals surface area contributed by atoms with Gasteiger partial charge in [-0.2, -0.15) is 0 Å². The van der Waals surface area contributed by atoms with E-state index in [9.17, 15) is 4.79 Å². The zero-order valence-corrected chi connectivity index (χ0v) is 14.4. The summed E-state index contributed by atoms with van der Waals surface area (Å²) in [6.07, 6.45) is 2.22. The average Bonchev–Trinajstić information content (AvgIpc) is 3.31. The number of rotatable bonds is 5. The predicted molar refractivity (Wildman–Crippen MR) is 95.0 cm³/mol. The zero-order chi connectivity index (χ0) is 17.9. The van der Waals surface area contributed by atoms with Gasteiger partial charge < -0.3 is 14.8 Å². The summed E-state index contributed by atoms with van der Waals surface area (Å²) in [5.41, 5.74) is 1.95. The van der Waals surface area contributed by atoms with Crippen LogP contribution in [0.3, 0.4) is 0 Å². The summed E-state index contributed by atoms with van der Waals surface area (Å²) in [5, 5.41) is 11.2. The standard InChI is InChI=1S/C18H15ClN4O3/c19-13-3-1-2-4-15(13)23-10-14(21-22-23)18(24)20-8-7-12-5-6-16-17(9-12)26-11-25-16/h1-6,9-10H,7-8,11H2,(H,20,24). The second-order valence-electron chi connectivity index (χ2n) is 5.69. The van der Waals surface area contributed by atoms with Gasteiger partial charge in [0.15, 0.2) is 17.2 Å². The molecule has 1 aliphatic heterocycles. The van der Waals surface area contributed by atoms with Gasteiger partial charge in [0.1, 0.15) is 0 Å². The molecule has 1 amide bonds. The number of hydrogen-bond acceptors (Lipinski definition) is 5. The summed E-state index contributed by atoms with van der Waals surface area (Å²) in [6.45, 7) is 0.716. The molecule has 4 rings (SSSR count). The number of nitrogens with one attached hydrogen (secondary N) is 1. The monoisotopic (exact) mass is 370 g/mol. The van der Waals surface area contributed by atoms with Crippen LogP contribution in [0.4, 0.5) is 0 Å². The summed E-state index contributed by atoms with van der Waals surface area (Å²) < 4.78 is 12.1. The van der Waals surface area contributed by atoms with Crippen molar-refractivity contribution in [1.29, 1.82) is 0 Å². The van der Waals surface area contributed by atoms with E-state index in [4.69, 9.17) is 21.1 Å². The molecule has 1 aromatic heterocycles. The highest BCUT2D eigenvalue weighted by Crippen LogP contribution is 2.32. The molecule has 26 heavy (non-hydrogen) atoms. The number of nitrogens with zero attached hydrogens (tertiary/aromatic N) is 3. The number of carbonyl (C=O) groups excluding carboxylic acids is 1. The number of ether oxygens (including phenoxy) is 2. The Hall–Kier alpha value is -3.06. The minimum Gasteiger partial charge on any atom is -0.454 e. The van der Waals surface area contributed by atoms with E-state index in [2.05, 4.69) is 15.6 Å². The van der Waals surface area contributed by atoms with E-state index >= 15 is 0 Å². The highest BCUT2D eigenvalue weighted by atomic mass is 35.5. The molecule has 1 N–H and O–H groups in total. The Balaban J connectivity index is 1.36. The quantitative estimate of drug-likeness (QED) is 0.747. The Morgan fingerprint density at radius 2 is 2.04 bits per heavy atom. The topological polar surface area (TPSA) is 78.3 Å². The molecule has 2 heterocycles. The van der Waals surface area contributed by atoms with Crippen LogP contribution in [-0.4, -0.2) is 34.2 Å². The molecule has 7 nitrogen and oxygen atoms in total. The van der Waals surface area contributed by atoms with Crippen LogP contribution in [0, 0.1) is 0 Å². The highest BCUT2D eigenvalue weighted by molar-refractivity contribution is 6.32. The van der Waals surface area contributed by atoms with Crippen molar-refractivity contribution >= 4 is 17.5 Å². The van der Waals surface area contributed by atoms with Crippen molar-refractivity contribution in [2.24, 2.45) is 0 Å². The van der Waals surface area contributed by atoms with Gasteiger partial charge in [-0.15, -0.1) is 5.10 Å². The van der Waals surface area contributed by atoms with Crippen LogP contribution in [0.1, 0.15) is 16.1 Å². The Labute approximate surface area is 154 Å². The third-order valence-corrected chi connectivity index (χ3v) is 4.28. The molecule has 2 aromatic carbocycles. The Bertz CT molecular complexity index is 957. The maximum Gasteiger partial charge on any atom is 0.273 e. The van der Waals surface area contributed by atoms with Gasteiger partial charge in [0.05, 0.1) is 16.9 Å². The molecule has 0 bridgehead atoms. The lowest BCUT2D eigenvalue weighted by Crippen LogP contribution is -2.26. The van der Waals surface area contributed by atoms with Crippen molar-refractivity contribution in [1.82, 2.24) is 20.3 Å². The molecule has 0 atom stereocenters. The van der Waals surface area contributed by atoms with E-state index in [0.29, 0.717) is 23.7 Å². The molecule has 0 saturated carbocycles. The maximum absolute atomic E-state index is 12.2. The summed E-state index contributed by atoms with van der Waals surface area (Å²) in [7, 11) is 0. The third-order valence-electron chi connectivity index (χ3n) is 3.96. The van der Waals surface area contributed by atoms with Crippen molar-refractivity contribution in [3.05, 3.63) is 64.9 Å². The largest absolute Gasteiger partial charge is 0.454 e. The van der Waals surface area contributed by atoms with Crippen molar-refractivity contribution in [2.45, 2.75) is 6.42 Å². The number of amides is 1. The summed E-state index contributed by atoms with van der Waals surface area (Å²) >= 11 is 6.13. The van der Waals surface area contributed by atoms with Gasteiger partial charge in [0.25, 0.3) is 5.91 Å². The first-order valence-electron chi connectivity index (χ1n) is 8.05. The van der Waals surface area contributed by atoms with Crippen LogP contribution in [0.25, 0.3) is 5.69 Å². The molecule has 0 saturated heterocycles. The van der Waals surface area contributed by atoms with Crippen molar-refractivity contribution in [2.75, 3.05) is 13.3 Å². The number of para-hydroxylation sites is 1. The number of aromatic nitrogens is 3.